The molecule has 6 nitrogen and oxygen atoms in total. The zero-order valence-corrected chi connectivity index (χ0v) is 15.2. The predicted molar refractivity (Wildman–Crippen MR) is 97.0 cm³/mol. The monoisotopic (exact) mass is 347 g/mol. The summed E-state index contributed by atoms with van der Waals surface area (Å²) >= 11 is 0. The smallest absolute Gasteiger partial charge is 0.315 e. The SMILES string of the molecule is COc1cccc(C[C@H](C)NC(=O)NC[C@@H]2CN3CCC[C@H]3CO2)c1. The summed E-state index contributed by atoms with van der Waals surface area (Å²) in [5, 5.41) is 5.94. The van der Waals surface area contributed by atoms with E-state index in [0.717, 1.165) is 37.4 Å². The van der Waals surface area contributed by atoms with Gasteiger partial charge in [0.2, 0.25) is 0 Å². The van der Waals surface area contributed by atoms with E-state index in [4.69, 9.17) is 9.47 Å². The Bertz CT molecular complexity index is 581. The van der Waals surface area contributed by atoms with Crippen molar-refractivity contribution in [3.8, 4) is 5.75 Å². The Kier molecular flexibility index (Phi) is 6.15. The molecule has 0 aromatic heterocycles. The second-order valence-electron chi connectivity index (χ2n) is 7.06. The van der Waals surface area contributed by atoms with E-state index in [0.29, 0.717) is 12.6 Å². The van der Waals surface area contributed by atoms with Gasteiger partial charge in [-0.15, -0.1) is 0 Å². The second kappa shape index (κ2) is 8.54. The molecule has 25 heavy (non-hydrogen) atoms. The van der Waals surface area contributed by atoms with Crippen molar-refractivity contribution in [2.75, 3.05) is 33.4 Å². The summed E-state index contributed by atoms with van der Waals surface area (Å²) in [5.41, 5.74) is 1.14. The van der Waals surface area contributed by atoms with Gasteiger partial charge in [-0.25, -0.2) is 4.79 Å². The first-order chi connectivity index (χ1) is 12.1. The van der Waals surface area contributed by atoms with Crippen molar-refractivity contribution in [1.82, 2.24) is 15.5 Å². The normalized spacial score (nSPS) is 24.4. The van der Waals surface area contributed by atoms with E-state index in [2.05, 4.69) is 15.5 Å². The highest BCUT2D eigenvalue weighted by atomic mass is 16.5. The lowest BCUT2D eigenvalue weighted by atomic mass is 10.1. The summed E-state index contributed by atoms with van der Waals surface area (Å²) in [6.07, 6.45) is 3.35. The summed E-state index contributed by atoms with van der Waals surface area (Å²) < 4.78 is 11.1. The van der Waals surface area contributed by atoms with E-state index < -0.39 is 0 Å². The van der Waals surface area contributed by atoms with Gasteiger partial charge in [-0.2, -0.15) is 0 Å². The molecule has 0 saturated carbocycles. The fourth-order valence-electron chi connectivity index (χ4n) is 3.69. The number of rotatable bonds is 6. The average molecular weight is 347 g/mol. The van der Waals surface area contributed by atoms with Crippen LogP contribution >= 0.6 is 0 Å². The maximum absolute atomic E-state index is 12.1. The van der Waals surface area contributed by atoms with Gasteiger partial charge in [-0.05, 0) is 50.4 Å². The highest BCUT2D eigenvalue weighted by molar-refractivity contribution is 5.74. The first kappa shape index (κ1) is 18.0. The lowest BCUT2D eigenvalue weighted by Gasteiger charge is -2.35. The van der Waals surface area contributed by atoms with Crippen molar-refractivity contribution in [3.63, 3.8) is 0 Å². The third-order valence-electron chi connectivity index (χ3n) is 5.01. The Hall–Kier alpha value is -1.79. The number of nitrogens with zero attached hydrogens (tertiary/aromatic N) is 1. The number of morpholine rings is 1. The van der Waals surface area contributed by atoms with Gasteiger partial charge in [0.1, 0.15) is 5.75 Å². The Morgan fingerprint density at radius 1 is 1.48 bits per heavy atom. The van der Waals surface area contributed by atoms with Crippen LogP contribution in [-0.4, -0.2) is 62.5 Å². The van der Waals surface area contributed by atoms with E-state index in [1.165, 1.54) is 12.8 Å². The average Bonchev–Trinajstić information content (AvgIpc) is 3.07. The topological polar surface area (TPSA) is 62.8 Å². The summed E-state index contributed by atoms with van der Waals surface area (Å²) in [6.45, 7) is 5.44. The number of hydrogen-bond donors (Lipinski definition) is 2. The maximum atomic E-state index is 12.1. The number of fused-ring (bicyclic) bond motifs is 1. The summed E-state index contributed by atoms with van der Waals surface area (Å²) in [7, 11) is 1.66. The van der Waals surface area contributed by atoms with Crippen LogP contribution in [0, 0.1) is 0 Å². The molecule has 1 aromatic rings. The molecule has 6 heteroatoms. The molecule has 0 spiro atoms. The van der Waals surface area contributed by atoms with Crippen molar-refractivity contribution in [2.24, 2.45) is 0 Å². The second-order valence-corrected chi connectivity index (χ2v) is 7.06. The number of carbonyl (C=O) groups is 1. The molecular formula is C19H29N3O3. The number of carbonyl (C=O) groups excluding carboxylic acids is 1. The number of methoxy groups -OCH3 is 1. The van der Waals surface area contributed by atoms with Crippen molar-refractivity contribution in [3.05, 3.63) is 29.8 Å². The van der Waals surface area contributed by atoms with E-state index in [9.17, 15) is 4.79 Å². The highest BCUT2D eigenvalue weighted by Gasteiger charge is 2.32. The standard InChI is InChI=1S/C19H29N3O3/c1-14(9-15-5-3-7-17(10-15)24-2)21-19(23)20-11-18-12-22-8-4-6-16(22)13-25-18/h3,5,7,10,14,16,18H,4,6,8-9,11-13H2,1-2H3,(H2,20,21,23)/t14-,16-,18+/m0/s1. The van der Waals surface area contributed by atoms with Crippen LogP contribution in [0.3, 0.4) is 0 Å². The van der Waals surface area contributed by atoms with E-state index in [1.54, 1.807) is 7.11 Å². The number of ether oxygens (including phenoxy) is 2. The van der Waals surface area contributed by atoms with Crippen LogP contribution in [0.1, 0.15) is 25.3 Å². The largest absolute Gasteiger partial charge is 0.497 e. The van der Waals surface area contributed by atoms with E-state index in [-0.39, 0.29) is 18.2 Å². The van der Waals surface area contributed by atoms with Crippen LogP contribution in [0.4, 0.5) is 4.79 Å². The van der Waals surface area contributed by atoms with Crippen molar-refractivity contribution < 1.29 is 14.3 Å². The quantitative estimate of drug-likeness (QED) is 0.824. The Morgan fingerprint density at radius 2 is 2.36 bits per heavy atom. The first-order valence-electron chi connectivity index (χ1n) is 9.17. The fraction of sp³-hybridized carbons (Fsp3) is 0.632. The Labute approximate surface area is 149 Å². The van der Waals surface area contributed by atoms with Gasteiger partial charge in [-0.1, -0.05) is 12.1 Å². The molecular weight excluding hydrogens is 318 g/mol. The lowest BCUT2D eigenvalue weighted by molar-refractivity contribution is -0.0458. The van der Waals surface area contributed by atoms with Crippen molar-refractivity contribution >= 4 is 6.03 Å². The van der Waals surface area contributed by atoms with E-state index in [1.807, 2.05) is 31.2 Å². The van der Waals surface area contributed by atoms with Crippen LogP contribution in [0.25, 0.3) is 0 Å². The lowest BCUT2D eigenvalue weighted by Crippen LogP contribution is -2.51. The highest BCUT2D eigenvalue weighted by Crippen LogP contribution is 2.22. The molecule has 138 valence electrons. The van der Waals surface area contributed by atoms with Gasteiger partial charge < -0.3 is 20.1 Å². The van der Waals surface area contributed by atoms with Crippen LogP contribution < -0.4 is 15.4 Å². The number of benzene rings is 1. The summed E-state index contributed by atoms with van der Waals surface area (Å²) in [6, 6.07) is 8.42. The molecule has 2 aliphatic heterocycles. The van der Waals surface area contributed by atoms with Crippen LogP contribution in [0.5, 0.6) is 5.75 Å². The van der Waals surface area contributed by atoms with Crippen LogP contribution in [0.15, 0.2) is 24.3 Å². The summed E-state index contributed by atoms with van der Waals surface area (Å²) in [4.78, 5) is 14.6. The third kappa shape index (κ3) is 5.09. The molecule has 3 atom stereocenters. The minimum atomic E-state index is -0.137. The molecule has 0 bridgehead atoms. The molecule has 3 rings (SSSR count). The molecule has 0 unspecified atom stereocenters. The first-order valence-corrected chi connectivity index (χ1v) is 9.17. The molecule has 2 heterocycles. The number of nitrogens with one attached hydrogen (secondary N) is 2. The van der Waals surface area contributed by atoms with Gasteiger partial charge in [0.05, 0.1) is 19.8 Å². The fourth-order valence-corrected chi connectivity index (χ4v) is 3.69. The predicted octanol–water partition coefficient (Wildman–Crippen LogP) is 1.79. The molecule has 2 N–H and O–H groups in total. The van der Waals surface area contributed by atoms with Gasteiger partial charge in [0.15, 0.2) is 0 Å². The van der Waals surface area contributed by atoms with Gasteiger partial charge in [0.25, 0.3) is 0 Å². The van der Waals surface area contributed by atoms with Gasteiger partial charge in [-0.3, -0.25) is 4.90 Å². The summed E-state index contributed by atoms with van der Waals surface area (Å²) in [5.74, 6) is 0.837. The van der Waals surface area contributed by atoms with Crippen LogP contribution in [0.2, 0.25) is 0 Å². The van der Waals surface area contributed by atoms with Gasteiger partial charge >= 0.3 is 6.03 Å². The van der Waals surface area contributed by atoms with Crippen molar-refractivity contribution in [2.45, 2.75) is 44.4 Å². The van der Waals surface area contributed by atoms with Crippen molar-refractivity contribution in [1.29, 1.82) is 0 Å². The minimum absolute atomic E-state index is 0.0438. The Balaban J connectivity index is 1.38. The number of urea groups is 1. The number of amides is 2. The van der Waals surface area contributed by atoms with E-state index >= 15 is 0 Å². The molecule has 2 aliphatic rings. The third-order valence-corrected chi connectivity index (χ3v) is 5.01. The molecule has 1 aromatic carbocycles. The maximum Gasteiger partial charge on any atom is 0.315 e. The molecule has 2 amide bonds. The minimum Gasteiger partial charge on any atom is -0.497 e. The molecule has 2 saturated heterocycles. The molecule has 2 fully saturated rings. The molecule has 0 aliphatic carbocycles. The number of hydrogen-bond acceptors (Lipinski definition) is 4. The zero-order chi connectivity index (χ0) is 17.6. The Morgan fingerprint density at radius 3 is 3.20 bits per heavy atom. The van der Waals surface area contributed by atoms with Crippen LogP contribution in [-0.2, 0) is 11.2 Å². The zero-order valence-electron chi connectivity index (χ0n) is 15.2. The molecule has 0 radical (unpaired) electrons. The van der Waals surface area contributed by atoms with Gasteiger partial charge in [0, 0.05) is 25.2 Å².